The number of piperazine rings is 1. The lowest BCUT2D eigenvalue weighted by Gasteiger charge is -2.32. The molecule has 1 aromatic carbocycles. The molecule has 0 radical (unpaired) electrons. The highest BCUT2D eigenvalue weighted by Gasteiger charge is 2.28. The highest BCUT2D eigenvalue weighted by Crippen LogP contribution is 2.12. The van der Waals surface area contributed by atoms with Crippen molar-refractivity contribution < 1.29 is 8.42 Å². The SMILES string of the molecule is CC1CNCCN1S(=O)(=O)CCc1ccccc1. The lowest BCUT2D eigenvalue weighted by atomic mass is 10.2. The Kier molecular flexibility index (Phi) is 4.37. The van der Waals surface area contributed by atoms with Gasteiger partial charge in [-0.3, -0.25) is 0 Å². The Morgan fingerprint density at radius 3 is 2.72 bits per heavy atom. The van der Waals surface area contributed by atoms with Crippen molar-refractivity contribution in [3.05, 3.63) is 35.9 Å². The molecule has 1 aliphatic heterocycles. The maximum atomic E-state index is 12.3. The van der Waals surface area contributed by atoms with Crippen molar-refractivity contribution in [2.24, 2.45) is 0 Å². The van der Waals surface area contributed by atoms with Gasteiger partial charge in [-0.1, -0.05) is 30.3 Å². The number of aryl methyl sites for hydroxylation is 1. The number of rotatable bonds is 4. The molecular weight excluding hydrogens is 248 g/mol. The van der Waals surface area contributed by atoms with Crippen LogP contribution < -0.4 is 5.32 Å². The first-order valence-electron chi connectivity index (χ1n) is 6.34. The summed E-state index contributed by atoms with van der Waals surface area (Å²) in [5.74, 6) is 0.196. The summed E-state index contributed by atoms with van der Waals surface area (Å²) in [4.78, 5) is 0. The van der Waals surface area contributed by atoms with E-state index in [4.69, 9.17) is 0 Å². The molecule has 100 valence electrons. The molecule has 1 heterocycles. The third-order valence-electron chi connectivity index (χ3n) is 3.29. The lowest BCUT2D eigenvalue weighted by Crippen LogP contribution is -2.52. The summed E-state index contributed by atoms with van der Waals surface area (Å²) in [6, 6.07) is 9.81. The average Bonchev–Trinajstić information content (AvgIpc) is 2.38. The Hall–Kier alpha value is -0.910. The van der Waals surface area contributed by atoms with Crippen LogP contribution in [0.3, 0.4) is 0 Å². The zero-order chi connectivity index (χ0) is 13.0. The van der Waals surface area contributed by atoms with E-state index in [-0.39, 0.29) is 11.8 Å². The molecule has 1 atom stereocenters. The van der Waals surface area contributed by atoms with Gasteiger partial charge < -0.3 is 5.32 Å². The van der Waals surface area contributed by atoms with E-state index in [0.29, 0.717) is 13.0 Å². The van der Waals surface area contributed by atoms with E-state index >= 15 is 0 Å². The van der Waals surface area contributed by atoms with Crippen LogP contribution >= 0.6 is 0 Å². The Morgan fingerprint density at radius 2 is 2.06 bits per heavy atom. The van der Waals surface area contributed by atoms with E-state index in [0.717, 1.165) is 18.7 Å². The molecule has 1 aliphatic rings. The van der Waals surface area contributed by atoms with Gasteiger partial charge in [-0.05, 0) is 18.9 Å². The van der Waals surface area contributed by atoms with Crippen LogP contribution in [0, 0.1) is 0 Å². The van der Waals surface area contributed by atoms with Crippen LogP contribution in [0.25, 0.3) is 0 Å². The van der Waals surface area contributed by atoms with Crippen LogP contribution in [0.2, 0.25) is 0 Å². The van der Waals surface area contributed by atoms with Gasteiger partial charge in [-0.15, -0.1) is 0 Å². The Bertz CT molecular complexity index is 473. The van der Waals surface area contributed by atoms with Crippen LogP contribution in [0.4, 0.5) is 0 Å². The summed E-state index contributed by atoms with van der Waals surface area (Å²) in [7, 11) is -3.14. The van der Waals surface area contributed by atoms with Crippen LogP contribution in [-0.4, -0.2) is 44.2 Å². The van der Waals surface area contributed by atoms with Gasteiger partial charge in [0.1, 0.15) is 0 Å². The molecule has 4 nitrogen and oxygen atoms in total. The monoisotopic (exact) mass is 268 g/mol. The Balaban J connectivity index is 1.99. The second kappa shape index (κ2) is 5.82. The minimum absolute atomic E-state index is 0.0551. The van der Waals surface area contributed by atoms with Gasteiger partial charge in [0.25, 0.3) is 0 Å². The third kappa shape index (κ3) is 3.31. The van der Waals surface area contributed by atoms with Gasteiger partial charge >= 0.3 is 0 Å². The number of nitrogens with zero attached hydrogens (tertiary/aromatic N) is 1. The smallest absolute Gasteiger partial charge is 0.214 e. The van der Waals surface area contributed by atoms with Gasteiger partial charge in [0.05, 0.1) is 5.75 Å². The minimum Gasteiger partial charge on any atom is -0.314 e. The van der Waals surface area contributed by atoms with Crippen molar-refractivity contribution in [3.63, 3.8) is 0 Å². The number of nitrogens with one attached hydrogen (secondary N) is 1. The first-order valence-corrected chi connectivity index (χ1v) is 7.95. The predicted octanol–water partition coefficient (Wildman–Crippen LogP) is 0.853. The van der Waals surface area contributed by atoms with Gasteiger partial charge in [0, 0.05) is 25.7 Å². The van der Waals surface area contributed by atoms with Crippen molar-refractivity contribution in [3.8, 4) is 0 Å². The zero-order valence-electron chi connectivity index (χ0n) is 10.7. The summed E-state index contributed by atoms with van der Waals surface area (Å²) in [6.45, 7) is 4.02. The summed E-state index contributed by atoms with van der Waals surface area (Å²) in [6.07, 6.45) is 0.583. The van der Waals surface area contributed by atoms with Crippen molar-refractivity contribution in [2.75, 3.05) is 25.4 Å². The third-order valence-corrected chi connectivity index (χ3v) is 5.27. The first kappa shape index (κ1) is 13.5. The second-order valence-electron chi connectivity index (χ2n) is 4.72. The van der Waals surface area contributed by atoms with E-state index in [1.165, 1.54) is 0 Å². The van der Waals surface area contributed by atoms with E-state index in [1.807, 2.05) is 37.3 Å². The van der Waals surface area contributed by atoms with E-state index in [1.54, 1.807) is 4.31 Å². The fraction of sp³-hybridized carbons (Fsp3) is 0.538. The van der Waals surface area contributed by atoms with Crippen LogP contribution in [0.15, 0.2) is 30.3 Å². The molecule has 18 heavy (non-hydrogen) atoms. The molecule has 1 unspecified atom stereocenters. The summed E-state index contributed by atoms with van der Waals surface area (Å²) >= 11 is 0. The highest BCUT2D eigenvalue weighted by atomic mass is 32.2. The van der Waals surface area contributed by atoms with Gasteiger partial charge in [0.2, 0.25) is 10.0 Å². The molecule has 0 spiro atoms. The molecule has 0 amide bonds. The molecule has 0 saturated carbocycles. The molecule has 5 heteroatoms. The fourth-order valence-corrected chi connectivity index (χ4v) is 3.96. The maximum absolute atomic E-state index is 12.3. The van der Waals surface area contributed by atoms with Crippen molar-refractivity contribution in [1.82, 2.24) is 9.62 Å². The second-order valence-corrected chi connectivity index (χ2v) is 6.76. The maximum Gasteiger partial charge on any atom is 0.214 e. The van der Waals surface area contributed by atoms with Crippen LogP contribution in [0.5, 0.6) is 0 Å². The summed E-state index contributed by atoms with van der Waals surface area (Å²) in [5, 5.41) is 3.20. The molecule has 1 saturated heterocycles. The quantitative estimate of drug-likeness (QED) is 0.881. The molecule has 0 bridgehead atoms. The molecule has 1 N–H and O–H groups in total. The topological polar surface area (TPSA) is 49.4 Å². The Labute approximate surface area is 109 Å². The van der Waals surface area contributed by atoms with Gasteiger partial charge in [-0.2, -0.15) is 4.31 Å². The molecule has 0 aromatic heterocycles. The van der Waals surface area contributed by atoms with Crippen LogP contribution in [-0.2, 0) is 16.4 Å². The van der Waals surface area contributed by atoms with E-state index in [9.17, 15) is 8.42 Å². The standard InChI is InChI=1S/C13H20N2O2S/c1-12-11-14-8-9-15(12)18(16,17)10-7-13-5-3-2-4-6-13/h2-6,12,14H,7-11H2,1H3. The number of hydrogen-bond donors (Lipinski definition) is 1. The molecule has 0 aliphatic carbocycles. The first-order chi connectivity index (χ1) is 8.59. The molecule has 2 rings (SSSR count). The Morgan fingerprint density at radius 1 is 1.33 bits per heavy atom. The number of sulfonamides is 1. The van der Waals surface area contributed by atoms with Gasteiger partial charge in [0.15, 0.2) is 0 Å². The normalized spacial score (nSPS) is 21.9. The molecular formula is C13H20N2O2S. The van der Waals surface area contributed by atoms with Crippen molar-refractivity contribution in [2.45, 2.75) is 19.4 Å². The van der Waals surface area contributed by atoms with E-state index in [2.05, 4.69) is 5.32 Å². The van der Waals surface area contributed by atoms with Gasteiger partial charge in [-0.25, -0.2) is 8.42 Å². The summed E-state index contributed by atoms with van der Waals surface area (Å²) in [5.41, 5.74) is 1.07. The molecule has 1 fully saturated rings. The van der Waals surface area contributed by atoms with Crippen molar-refractivity contribution >= 4 is 10.0 Å². The highest BCUT2D eigenvalue weighted by molar-refractivity contribution is 7.89. The molecule has 1 aromatic rings. The number of benzene rings is 1. The number of hydrogen-bond acceptors (Lipinski definition) is 3. The largest absolute Gasteiger partial charge is 0.314 e. The predicted molar refractivity (Wildman–Crippen MR) is 73.0 cm³/mol. The minimum atomic E-state index is -3.14. The fourth-order valence-electron chi connectivity index (χ4n) is 2.24. The van der Waals surface area contributed by atoms with E-state index < -0.39 is 10.0 Å². The lowest BCUT2D eigenvalue weighted by molar-refractivity contribution is 0.284. The van der Waals surface area contributed by atoms with Crippen molar-refractivity contribution in [1.29, 1.82) is 0 Å². The summed E-state index contributed by atoms with van der Waals surface area (Å²) < 4.78 is 26.2. The zero-order valence-corrected chi connectivity index (χ0v) is 11.5. The van der Waals surface area contributed by atoms with Crippen LogP contribution in [0.1, 0.15) is 12.5 Å². The average molecular weight is 268 g/mol.